The van der Waals surface area contributed by atoms with Gasteiger partial charge < -0.3 is 10.1 Å². The van der Waals surface area contributed by atoms with Crippen molar-refractivity contribution in [2.45, 2.75) is 25.4 Å². The van der Waals surface area contributed by atoms with Gasteiger partial charge in [-0.1, -0.05) is 42.0 Å². The molecular formula is C19H20N4O. The van der Waals surface area contributed by atoms with E-state index in [1.807, 2.05) is 16.8 Å². The number of methoxy groups -OCH3 is 1. The Morgan fingerprint density at radius 1 is 1.04 bits per heavy atom. The zero-order chi connectivity index (χ0) is 16.5. The summed E-state index contributed by atoms with van der Waals surface area (Å²) in [6.07, 6.45) is 2.53. The molecule has 0 fully saturated rings. The molecule has 2 heterocycles. The van der Waals surface area contributed by atoms with Crippen LogP contribution in [0.4, 0.5) is 5.95 Å². The minimum atomic E-state index is 0.154. The molecule has 5 heteroatoms. The van der Waals surface area contributed by atoms with Gasteiger partial charge in [-0.2, -0.15) is 10.1 Å². The van der Waals surface area contributed by atoms with Crippen LogP contribution >= 0.6 is 0 Å². The van der Waals surface area contributed by atoms with E-state index in [4.69, 9.17) is 4.74 Å². The predicted octanol–water partition coefficient (Wildman–Crippen LogP) is 3.74. The minimum absolute atomic E-state index is 0.154. The molecule has 5 nitrogen and oxygen atoms in total. The highest BCUT2D eigenvalue weighted by molar-refractivity contribution is 5.39. The quantitative estimate of drug-likeness (QED) is 0.799. The van der Waals surface area contributed by atoms with E-state index in [1.165, 1.54) is 16.7 Å². The maximum absolute atomic E-state index is 5.27. The summed E-state index contributed by atoms with van der Waals surface area (Å²) in [7, 11) is 1.68. The van der Waals surface area contributed by atoms with Crippen molar-refractivity contribution in [3.63, 3.8) is 0 Å². The maximum atomic E-state index is 5.27. The first kappa shape index (κ1) is 14.8. The molecule has 24 heavy (non-hydrogen) atoms. The van der Waals surface area contributed by atoms with Crippen LogP contribution in [0, 0.1) is 6.92 Å². The number of hydrogen-bond donors (Lipinski definition) is 1. The van der Waals surface area contributed by atoms with Crippen LogP contribution in [0.25, 0.3) is 0 Å². The third kappa shape index (κ3) is 2.62. The Kier molecular flexibility index (Phi) is 3.69. The van der Waals surface area contributed by atoms with Crippen molar-refractivity contribution in [1.82, 2.24) is 14.8 Å². The van der Waals surface area contributed by atoms with E-state index in [-0.39, 0.29) is 12.1 Å². The van der Waals surface area contributed by atoms with Crippen LogP contribution in [0.3, 0.4) is 0 Å². The van der Waals surface area contributed by atoms with Gasteiger partial charge in [-0.25, -0.2) is 4.68 Å². The van der Waals surface area contributed by atoms with Gasteiger partial charge >= 0.3 is 0 Å². The van der Waals surface area contributed by atoms with Gasteiger partial charge in [0.15, 0.2) is 0 Å². The second-order valence-electron chi connectivity index (χ2n) is 6.16. The molecule has 1 N–H and O–H groups in total. The number of ether oxygens (including phenoxy) is 1. The minimum Gasteiger partial charge on any atom is -0.497 e. The lowest BCUT2D eigenvalue weighted by Gasteiger charge is -2.32. The topological polar surface area (TPSA) is 52.0 Å². The Morgan fingerprint density at radius 2 is 1.75 bits per heavy atom. The van der Waals surface area contributed by atoms with Crippen molar-refractivity contribution in [2.75, 3.05) is 12.4 Å². The second kappa shape index (κ2) is 6.00. The molecule has 3 aromatic rings. The van der Waals surface area contributed by atoms with E-state index >= 15 is 0 Å². The monoisotopic (exact) mass is 320 g/mol. The number of fused-ring (bicyclic) bond motifs is 1. The van der Waals surface area contributed by atoms with Crippen LogP contribution < -0.4 is 10.1 Å². The summed E-state index contributed by atoms with van der Waals surface area (Å²) in [4.78, 5) is 4.38. The summed E-state index contributed by atoms with van der Waals surface area (Å²) < 4.78 is 7.23. The molecule has 0 spiro atoms. The van der Waals surface area contributed by atoms with E-state index in [0.29, 0.717) is 0 Å². The standard InChI is InChI=1S/C19H20N4O/c1-13-3-5-14(6-4-13)17-11-18(23-19(22-17)20-12-21-23)15-7-9-16(24-2)10-8-15/h3-10,12,17-18H,11H2,1-2H3,(H,20,21,22)/t17-,18+/m1/s1. The summed E-state index contributed by atoms with van der Waals surface area (Å²) in [5.74, 6) is 1.68. The van der Waals surface area contributed by atoms with Gasteiger partial charge in [-0.05, 0) is 36.6 Å². The summed E-state index contributed by atoms with van der Waals surface area (Å²) in [6.45, 7) is 2.11. The summed E-state index contributed by atoms with van der Waals surface area (Å²) in [5, 5.41) is 7.91. The molecule has 1 aliphatic rings. The Morgan fingerprint density at radius 3 is 2.46 bits per heavy atom. The third-order valence-corrected chi connectivity index (χ3v) is 4.61. The fourth-order valence-corrected chi connectivity index (χ4v) is 3.24. The molecule has 0 saturated heterocycles. The largest absolute Gasteiger partial charge is 0.497 e. The lowest BCUT2D eigenvalue weighted by atomic mass is 9.93. The fourth-order valence-electron chi connectivity index (χ4n) is 3.24. The zero-order valence-electron chi connectivity index (χ0n) is 13.8. The number of aromatic nitrogens is 3. The van der Waals surface area contributed by atoms with E-state index in [0.717, 1.165) is 18.1 Å². The molecule has 0 aliphatic carbocycles. The number of anilines is 1. The van der Waals surface area contributed by atoms with Crippen molar-refractivity contribution in [3.05, 3.63) is 71.5 Å². The molecule has 1 aromatic heterocycles. The number of benzene rings is 2. The molecule has 0 amide bonds. The molecule has 0 unspecified atom stereocenters. The van der Waals surface area contributed by atoms with Crippen molar-refractivity contribution in [3.8, 4) is 5.75 Å². The van der Waals surface area contributed by atoms with E-state index in [1.54, 1.807) is 13.4 Å². The van der Waals surface area contributed by atoms with Gasteiger partial charge in [-0.3, -0.25) is 0 Å². The average Bonchev–Trinajstić information content (AvgIpc) is 3.10. The third-order valence-electron chi connectivity index (χ3n) is 4.61. The lowest BCUT2D eigenvalue weighted by Crippen LogP contribution is -2.28. The SMILES string of the molecule is COc1ccc([C@@H]2C[C@H](c3ccc(C)cc3)Nc3ncnn32)cc1. The van der Waals surface area contributed by atoms with Crippen LogP contribution in [0.5, 0.6) is 5.75 Å². The molecule has 0 saturated carbocycles. The number of nitrogens with one attached hydrogen (secondary N) is 1. The molecule has 122 valence electrons. The smallest absolute Gasteiger partial charge is 0.222 e. The van der Waals surface area contributed by atoms with Crippen LogP contribution in [-0.2, 0) is 0 Å². The second-order valence-corrected chi connectivity index (χ2v) is 6.16. The first-order valence-electron chi connectivity index (χ1n) is 8.11. The number of rotatable bonds is 3. The van der Waals surface area contributed by atoms with Crippen molar-refractivity contribution >= 4 is 5.95 Å². The van der Waals surface area contributed by atoms with Gasteiger partial charge in [0.1, 0.15) is 12.1 Å². The maximum Gasteiger partial charge on any atom is 0.222 e. The molecule has 2 atom stereocenters. The first-order chi connectivity index (χ1) is 11.7. The highest BCUT2D eigenvalue weighted by Crippen LogP contribution is 2.37. The van der Waals surface area contributed by atoms with Gasteiger partial charge in [0, 0.05) is 0 Å². The first-order valence-corrected chi connectivity index (χ1v) is 8.11. The molecule has 1 aliphatic heterocycles. The Labute approximate surface area is 141 Å². The Hall–Kier alpha value is -2.82. The Bertz CT molecular complexity index is 823. The number of nitrogens with zero attached hydrogens (tertiary/aromatic N) is 3. The highest BCUT2D eigenvalue weighted by Gasteiger charge is 2.29. The van der Waals surface area contributed by atoms with Gasteiger partial charge in [0.25, 0.3) is 0 Å². The average molecular weight is 320 g/mol. The van der Waals surface area contributed by atoms with Gasteiger partial charge in [-0.15, -0.1) is 0 Å². The fraction of sp³-hybridized carbons (Fsp3) is 0.263. The van der Waals surface area contributed by atoms with Crippen LogP contribution in [0.15, 0.2) is 54.9 Å². The van der Waals surface area contributed by atoms with Crippen LogP contribution in [0.1, 0.15) is 35.2 Å². The Balaban J connectivity index is 1.69. The van der Waals surface area contributed by atoms with E-state index in [9.17, 15) is 0 Å². The summed E-state index contributed by atoms with van der Waals surface area (Å²) in [6, 6.07) is 17.2. The van der Waals surface area contributed by atoms with Gasteiger partial charge in [0.05, 0.1) is 19.2 Å². The highest BCUT2D eigenvalue weighted by atomic mass is 16.5. The molecule has 4 rings (SSSR count). The van der Waals surface area contributed by atoms with E-state index in [2.05, 4.69) is 58.7 Å². The summed E-state index contributed by atoms with van der Waals surface area (Å²) in [5.41, 5.74) is 3.75. The van der Waals surface area contributed by atoms with Crippen molar-refractivity contribution < 1.29 is 4.74 Å². The lowest BCUT2D eigenvalue weighted by molar-refractivity contribution is 0.411. The van der Waals surface area contributed by atoms with Crippen molar-refractivity contribution in [2.24, 2.45) is 0 Å². The molecule has 2 aromatic carbocycles. The van der Waals surface area contributed by atoms with Crippen molar-refractivity contribution in [1.29, 1.82) is 0 Å². The summed E-state index contributed by atoms with van der Waals surface area (Å²) >= 11 is 0. The number of hydrogen-bond acceptors (Lipinski definition) is 4. The molecule has 0 bridgehead atoms. The number of aryl methyl sites for hydroxylation is 1. The normalized spacial score (nSPS) is 19.4. The van der Waals surface area contributed by atoms with E-state index < -0.39 is 0 Å². The molecule has 0 radical (unpaired) electrons. The van der Waals surface area contributed by atoms with Crippen LogP contribution in [0.2, 0.25) is 0 Å². The molecular weight excluding hydrogens is 300 g/mol. The zero-order valence-corrected chi connectivity index (χ0v) is 13.8. The predicted molar refractivity (Wildman–Crippen MR) is 93.3 cm³/mol. The van der Waals surface area contributed by atoms with Crippen LogP contribution in [-0.4, -0.2) is 21.9 Å². The van der Waals surface area contributed by atoms with Gasteiger partial charge in [0.2, 0.25) is 5.95 Å².